The number of anilines is 1. The quantitative estimate of drug-likeness (QED) is 0.756. The van der Waals surface area contributed by atoms with Crippen LogP contribution in [0.2, 0.25) is 0 Å². The summed E-state index contributed by atoms with van der Waals surface area (Å²) in [6.07, 6.45) is 5.81. The fourth-order valence-corrected chi connectivity index (χ4v) is 4.55. The Morgan fingerprint density at radius 3 is 2.26 bits per heavy atom. The van der Waals surface area contributed by atoms with Crippen molar-refractivity contribution in [2.75, 3.05) is 5.32 Å². The largest absolute Gasteiger partial charge is 0.319 e. The van der Waals surface area contributed by atoms with E-state index in [0.717, 1.165) is 44.6 Å². The molecule has 2 aromatic rings. The molecule has 0 bridgehead atoms. The van der Waals surface area contributed by atoms with Crippen molar-refractivity contribution < 1.29 is 17.6 Å². The summed E-state index contributed by atoms with van der Waals surface area (Å²) in [7, 11) is -3.80. The molecule has 0 atom stereocenters. The van der Waals surface area contributed by atoms with Gasteiger partial charge in [-0.15, -0.1) is 0 Å². The van der Waals surface area contributed by atoms with E-state index in [0.29, 0.717) is 5.56 Å². The topological polar surface area (TPSA) is 75.3 Å². The second-order valence-corrected chi connectivity index (χ2v) is 8.49. The third-order valence-corrected chi connectivity index (χ3v) is 6.23. The number of halogens is 1. The van der Waals surface area contributed by atoms with Gasteiger partial charge in [0.05, 0.1) is 10.6 Å². The fourth-order valence-electron chi connectivity index (χ4n) is 3.23. The third-order valence-electron chi connectivity index (χ3n) is 4.71. The van der Waals surface area contributed by atoms with Gasteiger partial charge in [0.1, 0.15) is 5.82 Å². The number of hydrogen-bond acceptors (Lipinski definition) is 3. The number of hydrogen-bond donors (Lipinski definition) is 2. The molecule has 144 valence electrons. The van der Waals surface area contributed by atoms with Gasteiger partial charge < -0.3 is 5.32 Å². The zero-order valence-electron chi connectivity index (χ0n) is 14.9. The maximum absolute atomic E-state index is 14.4. The van der Waals surface area contributed by atoms with Gasteiger partial charge in [0.15, 0.2) is 0 Å². The summed E-state index contributed by atoms with van der Waals surface area (Å²) >= 11 is 0. The monoisotopic (exact) mass is 390 g/mol. The number of carbonyl (C=O) groups is 1. The van der Waals surface area contributed by atoms with Crippen LogP contribution in [0.25, 0.3) is 0 Å². The number of amides is 1. The second-order valence-electron chi connectivity index (χ2n) is 6.77. The second kappa shape index (κ2) is 8.63. The molecular formula is C20H23FN2O3S. The van der Waals surface area contributed by atoms with E-state index in [1.54, 1.807) is 30.3 Å². The highest BCUT2D eigenvalue weighted by Gasteiger charge is 2.22. The maximum Gasteiger partial charge on any atom is 0.255 e. The summed E-state index contributed by atoms with van der Waals surface area (Å²) in [5, 5.41) is 2.47. The van der Waals surface area contributed by atoms with Crippen molar-refractivity contribution in [2.45, 2.75) is 49.5 Å². The first-order chi connectivity index (χ1) is 13.0. The number of sulfonamides is 1. The first kappa shape index (κ1) is 19.5. The minimum atomic E-state index is -3.80. The Hall–Kier alpha value is -2.25. The standard InChI is InChI=1S/C20H23FN2O3S/c21-18-14-17(27(25,26)23-16-10-6-1-2-7-11-16)12-13-19(18)22-20(24)15-8-4-3-5-9-15/h3-5,8-9,12-14,16,23H,1-2,6-7,10-11H2,(H,22,24). The van der Waals surface area contributed by atoms with Gasteiger partial charge >= 0.3 is 0 Å². The van der Waals surface area contributed by atoms with Crippen LogP contribution in [0.1, 0.15) is 48.9 Å². The predicted octanol–water partition coefficient (Wildman–Crippen LogP) is 4.08. The molecule has 3 rings (SSSR count). The molecule has 0 radical (unpaired) electrons. The SMILES string of the molecule is O=C(Nc1ccc(S(=O)(=O)NC2CCCCCC2)cc1F)c1ccccc1. The molecule has 0 aliphatic heterocycles. The molecule has 2 aromatic carbocycles. The smallest absolute Gasteiger partial charge is 0.255 e. The number of rotatable bonds is 5. The fraction of sp³-hybridized carbons (Fsp3) is 0.350. The lowest BCUT2D eigenvalue weighted by Crippen LogP contribution is -2.34. The van der Waals surface area contributed by atoms with Gasteiger partial charge in [0.2, 0.25) is 10.0 Å². The van der Waals surface area contributed by atoms with Crippen LogP contribution in [0.3, 0.4) is 0 Å². The van der Waals surface area contributed by atoms with Crippen molar-refractivity contribution in [2.24, 2.45) is 0 Å². The molecule has 27 heavy (non-hydrogen) atoms. The van der Waals surface area contributed by atoms with Crippen LogP contribution in [0.15, 0.2) is 53.4 Å². The molecule has 0 spiro atoms. The molecule has 2 N–H and O–H groups in total. The number of carbonyl (C=O) groups excluding carboxylic acids is 1. The first-order valence-electron chi connectivity index (χ1n) is 9.14. The van der Waals surface area contributed by atoms with Crippen molar-refractivity contribution in [3.63, 3.8) is 0 Å². The van der Waals surface area contributed by atoms with Crippen LogP contribution < -0.4 is 10.0 Å². The van der Waals surface area contributed by atoms with Gasteiger partial charge in [0.25, 0.3) is 5.91 Å². The summed E-state index contributed by atoms with van der Waals surface area (Å²) in [6.45, 7) is 0. The summed E-state index contributed by atoms with van der Waals surface area (Å²) < 4.78 is 42.2. The van der Waals surface area contributed by atoms with Crippen molar-refractivity contribution in [3.05, 3.63) is 59.9 Å². The molecule has 1 aliphatic rings. The van der Waals surface area contributed by atoms with Crippen molar-refractivity contribution in [1.29, 1.82) is 0 Å². The highest BCUT2D eigenvalue weighted by atomic mass is 32.2. The average molecular weight is 390 g/mol. The van der Waals surface area contributed by atoms with Crippen LogP contribution in [0.5, 0.6) is 0 Å². The Labute approximate surface area is 159 Å². The molecule has 1 saturated carbocycles. The molecule has 7 heteroatoms. The molecule has 1 amide bonds. The number of nitrogens with one attached hydrogen (secondary N) is 2. The van der Waals surface area contributed by atoms with E-state index in [2.05, 4.69) is 10.0 Å². The van der Waals surface area contributed by atoms with Gasteiger partial charge in [-0.3, -0.25) is 4.79 Å². The van der Waals surface area contributed by atoms with Crippen LogP contribution >= 0.6 is 0 Å². The molecule has 0 saturated heterocycles. The summed E-state index contributed by atoms with van der Waals surface area (Å²) in [5.41, 5.74) is 0.334. The Kier molecular flexibility index (Phi) is 6.23. The van der Waals surface area contributed by atoms with Crippen molar-refractivity contribution >= 4 is 21.6 Å². The molecule has 5 nitrogen and oxygen atoms in total. The zero-order valence-corrected chi connectivity index (χ0v) is 15.8. The van der Waals surface area contributed by atoms with Gasteiger partial charge in [-0.2, -0.15) is 0 Å². The van der Waals surface area contributed by atoms with Crippen molar-refractivity contribution in [1.82, 2.24) is 4.72 Å². The van der Waals surface area contributed by atoms with Gasteiger partial charge in [-0.25, -0.2) is 17.5 Å². The Morgan fingerprint density at radius 1 is 0.963 bits per heavy atom. The summed E-state index contributed by atoms with van der Waals surface area (Å²) in [5.74, 6) is -1.25. The van der Waals surface area contributed by atoms with E-state index in [-0.39, 0.29) is 16.6 Å². The van der Waals surface area contributed by atoms with Gasteiger partial charge in [0, 0.05) is 11.6 Å². The van der Waals surface area contributed by atoms with Crippen LogP contribution in [0.4, 0.5) is 10.1 Å². The molecule has 0 unspecified atom stereocenters. The van der Waals surface area contributed by atoms with E-state index >= 15 is 0 Å². The Bertz CT molecular complexity index is 893. The van der Waals surface area contributed by atoms with E-state index in [9.17, 15) is 17.6 Å². The normalized spacial score (nSPS) is 15.9. The molecule has 1 aliphatic carbocycles. The van der Waals surface area contributed by atoms with Gasteiger partial charge in [-0.05, 0) is 43.2 Å². The molecule has 0 aromatic heterocycles. The Balaban J connectivity index is 1.72. The zero-order chi connectivity index (χ0) is 19.3. The molecular weight excluding hydrogens is 367 g/mol. The lowest BCUT2D eigenvalue weighted by atomic mass is 10.1. The van der Waals surface area contributed by atoms with Crippen LogP contribution in [-0.4, -0.2) is 20.4 Å². The average Bonchev–Trinajstić information content (AvgIpc) is 2.92. The van der Waals surface area contributed by atoms with Gasteiger partial charge in [-0.1, -0.05) is 43.9 Å². The van der Waals surface area contributed by atoms with Crippen molar-refractivity contribution in [3.8, 4) is 0 Å². The summed E-state index contributed by atoms with van der Waals surface area (Å²) in [6, 6.07) is 11.8. The lowest BCUT2D eigenvalue weighted by Gasteiger charge is -2.17. The third kappa shape index (κ3) is 5.14. The van der Waals surface area contributed by atoms with E-state index in [1.165, 1.54) is 12.1 Å². The highest BCUT2D eigenvalue weighted by molar-refractivity contribution is 7.89. The minimum absolute atomic E-state index is 0.0581. The molecule has 1 fully saturated rings. The van der Waals surface area contributed by atoms with Crippen LogP contribution in [-0.2, 0) is 10.0 Å². The molecule has 0 heterocycles. The predicted molar refractivity (Wildman–Crippen MR) is 103 cm³/mol. The van der Waals surface area contributed by atoms with E-state index in [1.807, 2.05) is 0 Å². The van der Waals surface area contributed by atoms with E-state index in [4.69, 9.17) is 0 Å². The number of benzene rings is 2. The minimum Gasteiger partial charge on any atom is -0.319 e. The summed E-state index contributed by atoms with van der Waals surface area (Å²) in [4.78, 5) is 12.0. The Morgan fingerprint density at radius 2 is 1.63 bits per heavy atom. The lowest BCUT2D eigenvalue weighted by molar-refractivity contribution is 0.102. The highest BCUT2D eigenvalue weighted by Crippen LogP contribution is 2.22. The van der Waals surface area contributed by atoms with Crippen LogP contribution in [0, 0.1) is 5.82 Å². The van der Waals surface area contributed by atoms with E-state index < -0.39 is 21.7 Å². The first-order valence-corrected chi connectivity index (χ1v) is 10.6. The maximum atomic E-state index is 14.4.